The Morgan fingerprint density at radius 2 is 2.05 bits per heavy atom. The Balaban J connectivity index is 2.32. The van der Waals surface area contributed by atoms with Gasteiger partial charge in [0.2, 0.25) is 0 Å². The first-order valence-electron chi connectivity index (χ1n) is 4.82. The molecule has 0 fully saturated rings. The van der Waals surface area contributed by atoms with E-state index in [1.54, 1.807) is 11.4 Å². The lowest BCUT2D eigenvalue weighted by atomic mass is 10.3. The summed E-state index contributed by atoms with van der Waals surface area (Å²) >= 11 is 6.75. The lowest BCUT2D eigenvalue weighted by molar-refractivity contribution is -0.384. The molecular weight excluding hydrogens is 314 g/mol. The number of thiophene rings is 1. The Bertz CT molecular complexity index is 712. The van der Waals surface area contributed by atoms with Crippen LogP contribution in [0.1, 0.15) is 0 Å². The van der Waals surface area contributed by atoms with Gasteiger partial charge in [-0.3, -0.25) is 10.1 Å². The van der Waals surface area contributed by atoms with E-state index in [9.17, 15) is 18.5 Å². The van der Waals surface area contributed by atoms with Gasteiger partial charge in [0.05, 0.1) is 9.95 Å². The lowest BCUT2D eigenvalue weighted by Gasteiger charge is -2.06. The third-order valence-corrected chi connectivity index (χ3v) is 4.95. The summed E-state index contributed by atoms with van der Waals surface area (Å²) in [6, 6.07) is 6.25. The highest BCUT2D eigenvalue weighted by Crippen LogP contribution is 2.31. The van der Waals surface area contributed by atoms with E-state index >= 15 is 0 Å². The molecule has 19 heavy (non-hydrogen) atoms. The Hall–Kier alpha value is -1.64. The summed E-state index contributed by atoms with van der Waals surface area (Å²) in [6.45, 7) is 0. The van der Waals surface area contributed by atoms with Gasteiger partial charge in [0, 0.05) is 12.1 Å². The van der Waals surface area contributed by atoms with Gasteiger partial charge in [-0.25, -0.2) is 0 Å². The molecule has 0 radical (unpaired) electrons. The topological polar surface area (TPSA) is 86.5 Å². The van der Waals surface area contributed by atoms with Crippen molar-refractivity contribution in [3.63, 3.8) is 0 Å². The highest BCUT2D eigenvalue weighted by molar-refractivity contribution is 7.89. The molecule has 0 N–H and O–H groups in total. The molecule has 6 nitrogen and oxygen atoms in total. The summed E-state index contributed by atoms with van der Waals surface area (Å²) in [4.78, 5) is 9.89. The van der Waals surface area contributed by atoms with Crippen molar-refractivity contribution in [3.05, 3.63) is 50.8 Å². The summed E-state index contributed by atoms with van der Waals surface area (Å²) in [6.07, 6.45) is 0. The molecule has 0 aliphatic heterocycles. The number of benzene rings is 1. The quantitative estimate of drug-likeness (QED) is 0.491. The van der Waals surface area contributed by atoms with Crippen molar-refractivity contribution in [2.45, 2.75) is 4.21 Å². The fourth-order valence-electron chi connectivity index (χ4n) is 1.24. The third kappa shape index (κ3) is 3.03. The second-order valence-electron chi connectivity index (χ2n) is 3.34. The number of nitro groups is 1. The van der Waals surface area contributed by atoms with E-state index in [0.717, 1.165) is 29.5 Å². The molecule has 0 atom stereocenters. The number of hydrogen-bond donors (Lipinski definition) is 0. The average Bonchev–Trinajstić information content (AvgIpc) is 2.85. The Kier molecular flexibility index (Phi) is 3.74. The van der Waals surface area contributed by atoms with E-state index in [0.29, 0.717) is 0 Å². The van der Waals surface area contributed by atoms with Crippen molar-refractivity contribution >= 4 is 38.7 Å². The van der Waals surface area contributed by atoms with Gasteiger partial charge in [-0.05, 0) is 17.5 Å². The standard InChI is InChI=1S/C10H6ClNO5S2/c11-8-6-7(12(13)14)3-4-9(8)17-19(15,16)10-2-1-5-18-10/h1-6H. The monoisotopic (exact) mass is 319 g/mol. The fourth-order valence-corrected chi connectivity index (χ4v) is 3.39. The predicted octanol–water partition coefficient (Wildman–Crippen LogP) is 3.08. The molecule has 0 bridgehead atoms. The van der Waals surface area contributed by atoms with Gasteiger partial charge < -0.3 is 4.18 Å². The summed E-state index contributed by atoms with van der Waals surface area (Å²) in [5.41, 5.74) is -0.245. The van der Waals surface area contributed by atoms with Crippen LogP contribution in [0.3, 0.4) is 0 Å². The van der Waals surface area contributed by atoms with Crippen LogP contribution in [0.15, 0.2) is 39.9 Å². The van der Waals surface area contributed by atoms with Crippen molar-refractivity contribution in [3.8, 4) is 5.75 Å². The molecule has 0 aliphatic carbocycles. The molecule has 0 spiro atoms. The maximum atomic E-state index is 11.8. The Morgan fingerprint density at radius 1 is 1.32 bits per heavy atom. The smallest absolute Gasteiger partial charge is 0.348 e. The second kappa shape index (κ2) is 5.16. The van der Waals surface area contributed by atoms with Crippen LogP contribution in [-0.4, -0.2) is 13.3 Å². The zero-order valence-electron chi connectivity index (χ0n) is 9.15. The van der Waals surface area contributed by atoms with E-state index in [1.807, 2.05) is 0 Å². The molecule has 1 aromatic heterocycles. The van der Waals surface area contributed by atoms with E-state index in [1.165, 1.54) is 6.07 Å². The van der Waals surface area contributed by atoms with Crippen molar-refractivity contribution in [2.24, 2.45) is 0 Å². The summed E-state index contributed by atoms with van der Waals surface area (Å²) in [5, 5.41) is 12.0. The Morgan fingerprint density at radius 3 is 2.58 bits per heavy atom. The van der Waals surface area contributed by atoms with Gasteiger partial charge in [-0.15, -0.1) is 11.3 Å². The normalized spacial score (nSPS) is 11.2. The second-order valence-corrected chi connectivity index (χ2v) is 6.47. The van der Waals surface area contributed by atoms with Crippen LogP contribution in [0.2, 0.25) is 5.02 Å². The number of halogens is 1. The van der Waals surface area contributed by atoms with Gasteiger partial charge in [0.15, 0.2) is 9.96 Å². The molecule has 1 heterocycles. The zero-order chi connectivity index (χ0) is 14.0. The largest absolute Gasteiger partial charge is 0.377 e. The van der Waals surface area contributed by atoms with Crippen LogP contribution < -0.4 is 4.18 Å². The van der Waals surface area contributed by atoms with E-state index < -0.39 is 15.0 Å². The van der Waals surface area contributed by atoms with Crippen molar-refractivity contribution in [1.29, 1.82) is 0 Å². The molecule has 0 unspecified atom stereocenters. The summed E-state index contributed by atoms with van der Waals surface area (Å²) in [7, 11) is -3.96. The van der Waals surface area contributed by atoms with Gasteiger partial charge in [-0.1, -0.05) is 17.7 Å². The summed E-state index contributed by atoms with van der Waals surface area (Å²) in [5.74, 6) is -0.152. The highest BCUT2D eigenvalue weighted by atomic mass is 35.5. The number of nitrogens with zero attached hydrogens (tertiary/aromatic N) is 1. The molecule has 0 amide bonds. The molecule has 9 heteroatoms. The fraction of sp³-hybridized carbons (Fsp3) is 0. The van der Waals surface area contributed by atoms with Crippen LogP contribution in [0, 0.1) is 10.1 Å². The lowest BCUT2D eigenvalue weighted by Crippen LogP contribution is -2.08. The molecule has 100 valence electrons. The molecule has 0 saturated carbocycles. The Labute approximate surface area is 117 Å². The SMILES string of the molecule is O=[N+]([O-])c1ccc(OS(=O)(=O)c2cccs2)c(Cl)c1. The van der Waals surface area contributed by atoms with Gasteiger partial charge in [0.1, 0.15) is 0 Å². The number of nitro benzene ring substituents is 1. The van der Waals surface area contributed by atoms with E-state index in [2.05, 4.69) is 0 Å². The first-order chi connectivity index (χ1) is 8.90. The van der Waals surface area contributed by atoms with Crippen LogP contribution >= 0.6 is 22.9 Å². The molecule has 2 aromatic rings. The third-order valence-electron chi connectivity index (χ3n) is 2.07. The van der Waals surface area contributed by atoms with E-state index in [-0.39, 0.29) is 20.7 Å². The summed E-state index contributed by atoms with van der Waals surface area (Å²) < 4.78 is 28.5. The van der Waals surface area contributed by atoms with E-state index in [4.69, 9.17) is 15.8 Å². The van der Waals surface area contributed by atoms with Crippen molar-refractivity contribution in [1.82, 2.24) is 0 Å². The maximum Gasteiger partial charge on any atom is 0.348 e. The van der Waals surface area contributed by atoms with Crippen molar-refractivity contribution in [2.75, 3.05) is 0 Å². The van der Waals surface area contributed by atoms with Crippen LogP contribution in [0.5, 0.6) is 5.75 Å². The zero-order valence-corrected chi connectivity index (χ0v) is 11.5. The van der Waals surface area contributed by atoms with Gasteiger partial charge in [0.25, 0.3) is 5.69 Å². The minimum atomic E-state index is -3.96. The van der Waals surface area contributed by atoms with Gasteiger partial charge >= 0.3 is 10.1 Å². The number of rotatable bonds is 4. The first-order valence-corrected chi connectivity index (χ1v) is 7.49. The molecule has 2 rings (SSSR count). The van der Waals surface area contributed by atoms with Crippen LogP contribution in [-0.2, 0) is 10.1 Å². The average molecular weight is 320 g/mol. The molecule has 0 aliphatic rings. The van der Waals surface area contributed by atoms with Crippen molar-refractivity contribution < 1.29 is 17.5 Å². The molecule has 1 aromatic carbocycles. The first kappa shape index (κ1) is 13.8. The molecule has 0 saturated heterocycles. The molecular formula is C10H6ClNO5S2. The number of non-ortho nitro benzene ring substituents is 1. The van der Waals surface area contributed by atoms with Gasteiger partial charge in [-0.2, -0.15) is 8.42 Å². The number of hydrogen-bond acceptors (Lipinski definition) is 6. The predicted molar refractivity (Wildman–Crippen MR) is 70.2 cm³/mol. The minimum absolute atomic E-state index is 0.0296. The minimum Gasteiger partial charge on any atom is -0.377 e. The highest BCUT2D eigenvalue weighted by Gasteiger charge is 2.20. The maximum absolute atomic E-state index is 11.8. The van der Waals surface area contributed by atoms with Crippen LogP contribution in [0.25, 0.3) is 0 Å². The van der Waals surface area contributed by atoms with Crippen LogP contribution in [0.4, 0.5) is 5.69 Å².